The molecule has 5 heteroatoms. The zero-order valence-electron chi connectivity index (χ0n) is 10.9. The van der Waals surface area contributed by atoms with E-state index in [0.29, 0.717) is 17.0 Å². The molecule has 1 aromatic heterocycles. The molecule has 2 aromatic rings. The van der Waals surface area contributed by atoms with Gasteiger partial charge < -0.3 is 15.1 Å². The Labute approximate surface area is 116 Å². The van der Waals surface area contributed by atoms with Crippen molar-refractivity contribution in [3.8, 4) is 0 Å². The van der Waals surface area contributed by atoms with Crippen molar-refractivity contribution >= 4 is 23.6 Å². The number of benzene rings is 1. The second-order valence-electron chi connectivity index (χ2n) is 3.99. The van der Waals surface area contributed by atoms with Crippen LogP contribution in [0.3, 0.4) is 0 Å². The maximum atomic E-state index is 11.7. The van der Waals surface area contributed by atoms with Gasteiger partial charge in [0.25, 0.3) is 5.91 Å². The molecule has 5 nitrogen and oxygen atoms in total. The summed E-state index contributed by atoms with van der Waals surface area (Å²) in [5.74, 6) is 0.171. The van der Waals surface area contributed by atoms with Crippen LogP contribution in [0, 0.1) is 0 Å². The standard InChI is InChI=1S/C15H14N2O3/c1-16-15(19)11-4-6-12(7-5-11)17-14(18)9-8-13-3-2-10-20-13/h2-10H,1H3,(H,16,19)(H,17,18). The van der Waals surface area contributed by atoms with Gasteiger partial charge in [0.1, 0.15) is 5.76 Å². The highest BCUT2D eigenvalue weighted by molar-refractivity contribution is 6.02. The van der Waals surface area contributed by atoms with Crippen molar-refractivity contribution in [3.05, 3.63) is 60.1 Å². The fourth-order valence-electron chi connectivity index (χ4n) is 1.58. The molecule has 2 rings (SSSR count). The van der Waals surface area contributed by atoms with Gasteiger partial charge in [-0.15, -0.1) is 0 Å². The molecule has 0 atom stereocenters. The van der Waals surface area contributed by atoms with Crippen LogP contribution in [0.25, 0.3) is 6.08 Å². The van der Waals surface area contributed by atoms with E-state index in [1.165, 1.54) is 12.3 Å². The predicted octanol–water partition coefficient (Wildman–Crippen LogP) is 2.29. The topological polar surface area (TPSA) is 71.3 Å². The van der Waals surface area contributed by atoms with Gasteiger partial charge in [-0.25, -0.2) is 0 Å². The van der Waals surface area contributed by atoms with Crippen LogP contribution in [-0.2, 0) is 4.79 Å². The van der Waals surface area contributed by atoms with E-state index in [0.717, 1.165) is 0 Å². The number of carbonyl (C=O) groups excluding carboxylic acids is 2. The minimum Gasteiger partial charge on any atom is -0.465 e. The molecule has 0 aliphatic rings. The molecule has 1 aromatic carbocycles. The third-order valence-electron chi connectivity index (χ3n) is 2.58. The molecule has 0 saturated heterocycles. The number of hydrogen-bond acceptors (Lipinski definition) is 3. The molecule has 0 saturated carbocycles. The summed E-state index contributed by atoms with van der Waals surface area (Å²) < 4.78 is 5.08. The first-order chi connectivity index (χ1) is 9.69. The number of furan rings is 1. The highest BCUT2D eigenvalue weighted by Gasteiger charge is 2.03. The molecule has 0 bridgehead atoms. The fraction of sp³-hybridized carbons (Fsp3) is 0.0667. The minimum absolute atomic E-state index is 0.166. The van der Waals surface area contributed by atoms with E-state index >= 15 is 0 Å². The fourth-order valence-corrected chi connectivity index (χ4v) is 1.58. The molecule has 20 heavy (non-hydrogen) atoms. The van der Waals surface area contributed by atoms with Crippen molar-refractivity contribution in [1.82, 2.24) is 5.32 Å². The van der Waals surface area contributed by atoms with Gasteiger partial charge in [-0.3, -0.25) is 9.59 Å². The van der Waals surface area contributed by atoms with Crippen LogP contribution < -0.4 is 10.6 Å². The smallest absolute Gasteiger partial charge is 0.251 e. The average molecular weight is 270 g/mol. The molecule has 102 valence electrons. The molecule has 0 aliphatic carbocycles. The lowest BCUT2D eigenvalue weighted by molar-refractivity contribution is -0.111. The number of hydrogen-bond donors (Lipinski definition) is 2. The van der Waals surface area contributed by atoms with Gasteiger partial charge >= 0.3 is 0 Å². The normalized spacial score (nSPS) is 10.4. The average Bonchev–Trinajstić information content (AvgIpc) is 2.98. The van der Waals surface area contributed by atoms with Gasteiger partial charge in [0.2, 0.25) is 5.91 Å². The quantitative estimate of drug-likeness (QED) is 0.837. The Bertz CT molecular complexity index is 613. The lowest BCUT2D eigenvalue weighted by Gasteiger charge is -2.03. The van der Waals surface area contributed by atoms with Gasteiger partial charge in [-0.2, -0.15) is 0 Å². The highest BCUT2D eigenvalue weighted by Crippen LogP contribution is 2.10. The summed E-state index contributed by atoms with van der Waals surface area (Å²) in [6, 6.07) is 10.1. The first-order valence-corrected chi connectivity index (χ1v) is 6.04. The van der Waals surface area contributed by atoms with Crippen LogP contribution in [0.1, 0.15) is 16.1 Å². The first-order valence-electron chi connectivity index (χ1n) is 6.04. The number of carbonyl (C=O) groups is 2. The van der Waals surface area contributed by atoms with Gasteiger partial charge in [0, 0.05) is 24.4 Å². The van der Waals surface area contributed by atoms with E-state index in [9.17, 15) is 9.59 Å². The third-order valence-corrected chi connectivity index (χ3v) is 2.58. The lowest BCUT2D eigenvalue weighted by Crippen LogP contribution is -2.17. The second kappa shape index (κ2) is 6.38. The zero-order chi connectivity index (χ0) is 14.4. The molecule has 2 N–H and O–H groups in total. The molecule has 1 heterocycles. The van der Waals surface area contributed by atoms with E-state index < -0.39 is 0 Å². The Morgan fingerprint density at radius 3 is 2.50 bits per heavy atom. The Balaban J connectivity index is 1.96. The summed E-state index contributed by atoms with van der Waals surface area (Å²) in [5.41, 5.74) is 1.16. The van der Waals surface area contributed by atoms with Gasteiger partial charge in [0.05, 0.1) is 6.26 Å². The maximum absolute atomic E-state index is 11.7. The summed E-state index contributed by atoms with van der Waals surface area (Å²) in [6.45, 7) is 0. The number of rotatable bonds is 4. The lowest BCUT2D eigenvalue weighted by atomic mass is 10.2. The Morgan fingerprint density at radius 1 is 1.15 bits per heavy atom. The largest absolute Gasteiger partial charge is 0.465 e. The van der Waals surface area contributed by atoms with Gasteiger partial charge in [-0.05, 0) is 42.5 Å². The van der Waals surface area contributed by atoms with Crippen molar-refractivity contribution in [2.45, 2.75) is 0 Å². The molecule has 0 aliphatic heterocycles. The van der Waals surface area contributed by atoms with Crippen LogP contribution in [0.4, 0.5) is 5.69 Å². The molecule has 0 fully saturated rings. The van der Waals surface area contributed by atoms with Crippen LogP contribution in [0.15, 0.2) is 53.2 Å². The van der Waals surface area contributed by atoms with Crippen molar-refractivity contribution in [2.75, 3.05) is 12.4 Å². The molecular formula is C15H14N2O3. The maximum Gasteiger partial charge on any atom is 0.251 e. The van der Waals surface area contributed by atoms with Crippen molar-refractivity contribution in [2.24, 2.45) is 0 Å². The van der Waals surface area contributed by atoms with E-state index in [-0.39, 0.29) is 11.8 Å². The zero-order valence-corrected chi connectivity index (χ0v) is 10.9. The molecular weight excluding hydrogens is 256 g/mol. The number of amides is 2. The van der Waals surface area contributed by atoms with Crippen LogP contribution in [-0.4, -0.2) is 18.9 Å². The van der Waals surface area contributed by atoms with Crippen LogP contribution in [0.5, 0.6) is 0 Å². The summed E-state index contributed by atoms with van der Waals surface area (Å²) in [4.78, 5) is 23.0. The second-order valence-corrected chi connectivity index (χ2v) is 3.99. The minimum atomic E-state index is -0.269. The third kappa shape index (κ3) is 3.58. The summed E-state index contributed by atoms with van der Waals surface area (Å²) >= 11 is 0. The Kier molecular flexibility index (Phi) is 4.34. The van der Waals surface area contributed by atoms with Crippen molar-refractivity contribution in [3.63, 3.8) is 0 Å². The molecule has 0 unspecified atom stereocenters. The molecule has 0 radical (unpaired) electrons. The van der Waals surface area contributed by atoms with Gasteiger partial charge in [0.15, 0.2) is 0 Å². The Hall–Kier alpha value is -2.82. The summed E-state index contributed by atoms with van der Waals surface area (Å²) in [7, 11) is 1.57. The Morgan fingerprint density at radius 2 is 1.90 bits per heavy atom. The molecule has 0 spiro atoms. The number of anilines is 1. The van der Waals surface area contributed by atoms with Crippen molar-refractivity contribution in [1.29, 1.82) is 0 Å². The first kappa shape index (κ1) is 13.6. The van der Waals surface area contributed by atoms with E-state index in [4.69, 9.17) is 4.42 Å². The van der Waals surface area contributed by atoms with E-state index in [1.54, 1.807) is 49.5 Å². The van der Waals surface area contributed by atoms with Crippen LogP contribution >= 0.6 is 0 Å². The van der Waals surface area contributed by atoms with Crippen molar-refractivity contribution < 1.29 is 14.0 Å². The number of nitrogens with one attached hydrogen (secondary N) is 2. The monoisotopic (exact) mass is 270 g/mol. The van der Waals surface area contributed by atoms with Crippen LogP contribution in [0.2, 0.25) is 0 Å². The summed E-state index contributed by atoms with van der Waals surface area (Å²) in [6.07, 6.45) is 4.49. The van der Waals surface area contributed by atoms with E-state index in [1.807, 2.05) is 0 Å². The van der Waals surface area contributed by atoms with Gasteiger partial charge in [-0.1, -0.05) is 0 Å². The molecule has 2 amide bonds. The SMILES string of the molecule is CNC(=O)c1ccc(NC(=O)C=Cc2ccco2)cc1. The van der Waals surface area contributed by atoms with E-state index in [2.05, 4.69) is 10.6 Å². The predicted molar refractivity (Wildman–Crippen MR) is 76.2 cm³/mol. The summed E-state index contributed by atoms with van der Waals surface area (Å²) in [5, 5.41) is 5.22. The highest BCUT2D eigenvalue weighted by atomic mass is 16.3.